The SMILES string of the molecule is COC(=O)[C@H]1O[C@@H](Oc2ccc(C=O)cc2[N+](=O)[O-])[C@H](OC(C)=O)[C@@H](OC(C)=O)[C@@H]1C. The Morgan fingerprint density at radius 2 is 1.74 bits per heavy atom. The molecule has 12 heteroatoms. The van der Waals surface area contributed by atoms with E-state index in [0.717, 1.165) is 33.1 Å². The number of nitro benzene ring substituents is 1. The van der Waals surface area contributed by atoms with E-state index in [1.54, 1.807) is 0 Å². The van der Waals surface area contributed by atoms with Gasteiger partial charge in [-0.15, -0.1) is 0 Å². The first-order valence-electron chi connectivity index (χ1n) is 9.07. The minimum absolute atomic E-state index is 0.0268. The number of ether oxygens (including phenoxy) is 5. The lowest BCUT2D eigenvalue weighted by Gasteiger charge is -2.42. The average Bonchev–Trinajstić information content (AvgIpc) is 2.71. The van der Waals surface area contributed by atoms with Gasteiger partial charge < -0.3 is 23.7 Å². The Kier molecular flexibility index (Phi) is 7.64. The first kappa shape index (κ1) is 23.7. The first-order valence-corrected chi connectivity index (χ1v) is 9.07. The van der Waals surface area contributed by atoms with Gasteiger partial charge >= 0.3 is 23.6 Å². The van der Waals surface area contributed by atoms with Gasteiger partial charge in [0.15, 0.2) is 18.0 Å². The highest BCUT2D eigenvalue weighted by atomic mass is 16.7. The number of esters is 3. The Morgan fingerprint density at radius 1 is 1.13 bits per heavy atom. The standard InChI is InChI=1S/C19H21NO11/c1-9-15(28-10(2)22)17(29-11(3)23)19(31-16(9)18(24)27-4)30-14-6-5-12(8-21)7-13(14)20(25)26/h5-9,15-17,19H,1-4H3/t9-,15-,16-,17+,19+/m0/s1. The van der Waals surface area contributed by atoms with Gasteiger partial charge in [0.1, 0.15) is 6.29 Å². The van der Waals surface area contributed by atoms with Crippen LogP contribution in [0.2, 0.25) is 0 Å². The molecule has 0 unspecified atom stereocenters. The number of rotatable bonds is 7. The van der Waals surface area contributed by atoms with E-state index in [2.05, 4.69) is 0 Å². The quantitative estimate of drug-likeness (QED) is 0.197. The molecule has 5 atom stereocenters. The van der Waals surface area contributed by atoms with Crippen LogP contribution < -0.4 is 4.74 Å². The van der Waals surface area contributed by atoms with Crippen LogP contribution in [0.1, 0.15) is 31.1 Å². The molecule has 12 nitrogen and oxygen atoms in total. The number of nitrogens with zero attached hydrogens (tertiary/aromatic N) is 1. The van der Waals surface area contributed by atoms with Crippen molar-refractivity contribution in [3.8, 4) is 5.75 Å². The van der Waals surface area contributed by atoms with Crippen LogP contribution in [0, 0.1) is 16.0 Å². The van der Waals surface area contributed by atoms with E-state index in [1.807, 2.05) is 0 Å². The van der Waals surface area contributed by atoms with Crippen LogP contribution in [0.25, 0.3) is 0 Å². The topological polar surface area (TPSA) is 158 Å². The summed E-state index contributed by atoms with van der Waals surface area (Å²) in [5.41, 5.74) is -0.536. The molecule has 168 valence electrons. The molecule has 1 heterocycles. The van der Waals surface area contributed by atoms with E-state index in [1.165, 1.54) is 13.0 Å². The Morgan fingerprint density at radius 3 is 2.26 bits per heavy atom. The lowest BCUT2D eigenvalue weighted by molar-refractivity contribution is -0.387. The van der Waals surface area contributed by atoms with E-state index in [4.69, 9.17) is 23.7 Å². The van der Waals surface area contributed by atoms with E-state index in [0.29, 0.717) is 6.29 Å². The van der Waals surface area contributed by atoms with E-state index in [9.17, 15) is 29.3 Å². The monoisotopic (exact) mass is 439 g/mol. The highest BCUT2D eigenvalue weighted by Gasteiger charge is 2.52. The zero-order valence-corrected chi connectivity index (χ0v) is 17.1. The molecular weight excluding hydrogens is 418 g/mol. The summed E-state index contributed by atoms with van der Waals surface area (Å²) in [7, 11) is 1.12. The van der Waals surface area contributed by atoms with Gasteiger partial charge in [0, 0.05) is 31.4 Å². The third-order valence-corrected chi connectivity index (χ3v) is 4.47. The lowest BCUT2D eigenvalue weighted by atomic mass is 9.90. The lowest BCUT2D eigenvalue weighted by Crippen LogP contribution is -2.60. The summed E-state index contributed by atoms with van der Waals surface area (Å²) in [5.74, 6) is -3.44. The third kappa shape index (κ3) is 5.54. The summed E-state index contributed by atoms with van der Waals surface area (Å²) < 4.78 is 26.4. The van der Waals surface area contributed by atoms with Crippen LogP contribution in [0.3, 0.4) is 0 Å². The molecule has 0 aromatic heterocycles. The molecule has 0 saturated carbocycles. The van der Waals surface area contributed by atoms with Crippen LogP contribution in [-0.4, -0.2) is 60.8 Å². The Balaban J connectivity index is 2.50. The van der Waals surface area contributed by atoms with Gasteiger partial charge in [-0.2, -0.15) is 0 Å². The second-order valence-electron chi connectivity index (χ2n) is 6.68. The summed E-state index contributed by atoms with van der Waals surface area (Å²) in [5, 5.41) is 11.4. The van der Waals surface area contributed by atoms with Crippen LogP contribution in [0.5, 0.6) is 5.75 Å². The minimum Gasteiger partial charge on any atom is -0.467 e. The summed E-state index contributed by atoms with van der Waals surface area (Å²) in [6.45, 7) is 3.74. The largest absolute Gasteiger partial charge is 0.467 e. The second-order valence-corrected chi connectivity index (χ2v) is 6.68. The van der Waals surface area contributed by atoms with Crippen molar-refractivity contribution in [1.29, 1.82) is 0 Å². The number of methoxy groups -OCH3 is 1. The van der Waals surface area contributed by atoms with Crippen molar-refractivity contribution in [1.82, 2.24) is 0 Å². The number of carbonyl (C=O) groups is 4. The second kappa shape index (κ2) is 9.98. The number of hydrogen-bond donors (Lipinski definition) is 0. The molecule has 2 rings (SSSR count). The molecule has 0 bridgehead atoms. The molecular formula is C19H21NO11. The molecule has 1 aliphatic rings. The van der Waals surface area contributed by atoms with Crippen molar-refractivity contribution >= 4 is 29.9 Å². The maximum absolute atomic E-state index is 12.2. The summed E-state index contributed by atoms with van der Waals surface area (Å²) in [4.78, 5) is 57.1. The zero-order chi connectivity index (χ0) is 23.3. The van der Waals surface area contributed by atoms with Crippen LogP contribution in [0.15, 0.2) is 18.2 Å². The highest BCUT2D eigenvalue weighted by Crippen LogP contribution is 2.35. The van der Waals surface area contributed by atoms with Crippen molar-refractivity contribution in [2.75, 3.05) is 7.11 Å². The van der Waals surface area contributed by atoms with E-state index < -0.39 is 59.0 Å². The number of benzene rings is 1. The number of aldehydes is 1. The number of nitro groups is 1. The molecule has 0 radical (unpaired) electrons. The van der Waals surface area contributed by atoms with Crippen LogP contribution in [0.4, 0.5) is 5.69 Å². The average molecular weight is 439 g/mol. The Bertz CT molecular complexity index is 884. The van der Waals surface area contributed by atoms with Crippen molar-refractivity contribution < 1.29 is 47.8 Å². The Hall–Kier alpha value is -3.54. The maximum atomic E-state index is 12.2. The number of hydrogen-bond acceptors (Lipinski definition) is 11. The van der Waals surface area contributed by atoms with Gasteiger partial charge in [0.2, 0.25) is 12.4 Å². The molecule has 0 aliphatic carbocycles. The molecule has 1 aromatic carbocycles. The predicted octanol–water partition coefficient (Wildman–Crippen LogP) is 1.18. The van der Waals surface area contributed by atoms with E-state index in [-0.39, 0.29) is 11.3 Å². The minimum atomic E-state index is -1.57. The molecule has 0 N–H and O–H groups in total. The van der Waals surface area contributed by atoms with Crippen molar-refractivity contribution in [2.45, 2.75) is 45.4 Å². The van der Waals surface area contributed by atoms with Crippen molar-refractivity contribution in [3.05, 3.63) is 33.9 Å². The fraction of sp³-hybridized carbons (Fsp3) is 0.474. The normalized spacial score (nSPS) is 25.1. The zero-order valence-electron chi connectivity index (χ0n) is 17.1. The van der Waals surface area contributed by atoms with Gasteiger partial charge in [-0.3, -0.25) is 24.5 Å². The number of carbonyl (C=O) groups excluding carboxylic acids is 4. The summed E-state index contributed by atoms with van der Waals surface area (Å²) >= 11 is 0. The summed E-state index contributed by atoms with van der Waals surface area (Å²) in [6.07, 6.45) is -4.99. The van der Waals surface area contributed by atoms with Gasteiger partial charge in [-0.25, -0.2) is 4.79 Å². The molecule has 31 heavy (non-hydrogen) atoms. The van der Waals surface area contributed by atoms with Gasteiger partial charge in [0.05, 0.1) is 12.0 Å². The molecule has 1 aliphatic heterocycles. The molecule has 1 aromatic rings. The van der Waals surface area contributed by atoms with Crippen LogP contribution in [-0.2, 0) is 33.3 Å². The van der Waals surface area contributed by atoms with Crippen molar-refractivity contribution in [2.24, 2.45) is 5.92 Å². The fourth-order valence-corrected chi connectivity index (χ4v) is 3.11. The smallest absolute Gasteiger partial charge is 0.335 e. The maximum Gasteiger partial charge on any atom is 0.335 e. The fourth-order valence-electron chi connectivity index (χ4n) is 3.11. The molecule has 1 fully saturated rings. The first-order chi connectivity index (χ1) is 14.6. The molecule has 1 saturated heterocycles. The van der Waals surface area contributed by atoms with Crippen molar-refractivity contribution in [3.63, 3.8) is 0 Å². The van der Waals surface area contributed by atoms with Gasteiger partial charge in [0.25, 0.3) is 0 Å². The van der Waals surface area contributed by atoms with Gasteiger partial charge in [-0.1, -0.05) is 6.92 Å². The molecule has 0 amide bonds. The highest BCUT2D eigenvalue weighted by molar-refractivity contribution is 5.77. The third-order valence-electron chi connectivity index (χ3n) is 4.47. The predicted molar refractivity (Wildman–Crippen MR) is 100 cm³/mol. The molecule has 0 spiro atoms. The Labute approximate surface area is 176 Å². The van der Waals surface area contributed by atoms with Crippen LogP contribution >= 0.6 is 0 Å². The van der Waals surface area contributed by atoms with Gasteiger partial charge in [-0.05, 0) is 12.1 Å². The summed E-state index contributed by atoms with van der Waals surface area (Å²) in [6, 6.07) is 3.40. The van der Waals surface area contributed by atoms with E-state index >= 15 is 0 Å².